The zero-order valence-electron chi connectivity index (χ0n) is 11.2. The van der Waals surface area contributed by atoms with Crippen molar-refractivity contribution in [3.05, 3.63) is 60.0 Å². The highest BCUT2D eigenvalue weighted by atomic mass is 32.2. The van der Waals surface area contributed by atoms with Gasteiger partial charge in [-0.3, -0.25) is 0 Å². The van der Waals surface area contributed by atoms with Crippen LogP contribution in [0, 0.1) is 6.92 Å². The number of rotatable bonds is 3. The molecule has 0 bridgehead atoms. The monoisotopic (exact) mass is 281 g/mol. The Hall–Kier alpha value is -2.07. The molecule has 4 heteroatoms. The summed E-state index contributed by atoms with van der Waals surface area (Å²) in [5.41, 5.74) is 6.65. The van der Waals surface area contributed by atoms with Crippen molar-refractivity contribution in [1.29, 1.82) is 0 Å². The number of hydrogen-bond acceptors (Lipinski definition) is 4. The summed E-state index contributed by atoms with van der Waals surface area (Å²) >= 11 is 1.73. The van der Waals surface area contributed by atoms with Crippen LogP contribution in [0.25, 0.3) is 10.8 Å². The third kappa shape index (κ3) is 2.91. The van der Waals surface area contributed by atoms with Crippen molar-refractivity contribution in [1.82, 2.24) is 9.97 Å². The molecule has 0 radical (unpaired) electrons. The van der Waals surface area contributed by atoms with E-state index >= 15 is 0 Å². The second-order valence-electron chi connectivity index (χ2n) is 4.65. The van der Waals surface area contributed by atoms with E-state index in [1.54, 1.807) is 17.8 Å². The molecule has 0 aliphatic carbocycles. The van der Waals surface area contributed by atoms with Gasteiger partial charge in [-0.05, 0) is 29.8 Å². The fourth-order valence-electron chi connectivity index (χ4n) is 2.13. The second-order valence-corrected chi connectivity index (χ2v) is 5.70. The molecule has 0 aliphatic rings. The topological polar surface area (TPSA) is 51.8 Å². The van der Waals surface area contributed by atoms with E-state index in [0.717, 1.165) is 17.3 Å². The number of aryl methyl sites for hydroxylation is 1. The van der Waals surface area contributed by atoms with Gasteiger partial charge in [-0.2, -0.15) is 0 Å². The summed E-state index contributed by atoms with van der Waals surface area (Å²) in [6.45, 7) is 1.93. The van der Waals surface area contributed by atoms with Gasteiger partial charge in [0.05, 0.1) is 5.75 Å². The largest absolute Gasteiger partial charge is 0.384 e. The molecule has 0 spiro atoms. The van der Waals surface area contributed by atoms with Gasteiger partial charge in [0.1, 0.15) is 11.6 Å². The number of nitrogen functional groups attached to an aromatic ring is 1. The van der Waals surface area contributed by atoms with Gasteiger partial charge < -0.3 is 5.73 Å². The summed E-state index contributed by atoms with van der Waals surface area (Å²) in [6.07, 6.45) is 0. The first-order valence-corrected chi connectivity index (χ1v) is 7.41. The normalized spacial score (nSPS) is 10.8. The van der Waals surface area contributed by atoms with Gasteiger partial charge in [0.25, 0.3) is 0 Å². The Labute approximate surface area is 122 Å². The Kier molecular flexibility index (Phi) is 3.56. The van der Waals surface area contributed by atoms with Crippen LogP contribution in [0.3, 0.4) is 0 Å². The van der Waals surface area contributed by atoms with E-state index in [1.807, 2.05) is 6.92 Å². The highest BCUT2D eigenvalue weighted by Gasteiger charge is 2.02. The fourth-order valence-corrected chi connectivity index (χ4v) is 2.93. The molecule has 1 heterocycles. The Bertz CT molecular complexity index is 735. The van der Waals surface area contributed by atoms with Gasteiger partial charge in [0.15, 0.2) is 0 Å². The molecule has 1 aromatic heterocycles. The molecule has 0 amide bonds. The van der Waals surface area contributed by atoms with Gasteiger partial charge in [0, 0.05) is 16.7 Å². The zero-order valence-corrected chi connectivity index (χ0v) is 12.0. The van der Waals surface area contributed by atoms with Crippen molar-refractivity contribution in [2.75, 3.05) is 5.73 Å². The summed E-state index contributed by atoms with van der Waals surface area (Å²) < 4.78 is 0. The highest BCUT2D eigenvalue weighted by molar-refractivity contribution is 7.98. The molecule has 0 atom stereocenters. The minimum Gasteiger partial charge on any atom is -0.384 e. The number of fused-ring (bicyclic) bond motifs is 1. The average Bonchev–Trinajstić information content (AvgIpc) is 2.44. The van der Waals surface area contributed by atoms with Gasteiger partial charge >= 0.3 is 0 Å². The summed E-state index contributed by atoms with van der Waals surface area (Å²) in [5, 5.41) is 2.51. The van der Waals surface area contributed by atoms with Gasteiger partial charge in [-0.15, -0.1) is 11.8 Å². The lowest BCUT2D eigenvalue weighted by atomic mass is 10.1. The third-order valence-electron chi connectivity index (χ3n) is 3.01. The number of anilines is 1. The predicted octanol–water partition coefficient (Wildman–Crippen LogP) is 3.81. The van der Waals surface area contributed by atoms with E-state index in [9.17, 15) is 0 Å². The Morgan fingerprint density at radius 1 is 1.00 bits per heavy atom. The van der Waals surface area contributed by atoms with Crippen LogP contribution in [0.2, 0.25) is 0 Å². The second kappa shape index (κ2) is 5.51. The maximum Gasteiger partial charge on any atom is 0.141 e. The fraction of sp³-hybridized carbons (Fsp3) is 0.125. The first-order chi connectivity index (χ1) is 9.70. The Morgan fingerprint density at radius 2 is 1.80 bits per heavy atom. The Morgan fingerprint density at radius 3 is 2.60 bits per heavy atom. The van der Waals surface area contributed by atoms with Gasteiger partial charge in [-0.25, -0.2) is 9.97 Å². The number of nitrogens with two attached hydrogens (primary N) is 1. The summed E-state index contributed by atoms with van der Waals surface area (Å²) in [6, 6.07) is 16.6. The van der Waals surface area contributed by atoms with Crippen LogP contribution in [0.15, 0.2) is 53.4 Å². The summed E-state index contributed by atoms with van der Waals surface area (Å²) in [4.78, 5) is 9.87. The van der Waals surface area contributed by atoms with Gasteiger partial charge in [-0.1, -0.05) is 30.3 Å². The number of nitrogens with zero attached hydrogens (tertiary/aromatic N) is 2. The van der Waals surface area contributed by atoms with Crippen molar-refractivity contribution in [3.63, 3.8) is 0 Å². The van der Waals surface area contributed by atoms with E-state index in [4.69, 9.17) is 5.73 Å². The van der Waals surface area contributed by atoms with Crippen LogP contribution >= 0.6 is 11.8 Å². The first-order valence-electron chi connectivity index (χ1n) is 6.42. The molecular weight excluding hydrogens is 266 g/mol. The minimum atomic E-state index is 0.534. The molecule has 0 aliphatic heterocycles. The van der Waals surface area contributed by atoms with Crippen molar-refractivity contribution >= 4 is 28.4 Å². The molecule has 0 unspecified atom stereocenters. The quantitative estimate of drug-likeness (QED) is 0.742. The van der Waals surface area contributed by atoms with Crippen LogP contribution in [0.1, 0.15) is 11.5 Å². The minimum absolute atomic E-state index is 0.534. The summed E-state index contributed by atoms with van der Waals surface area (Å²) in [7, 11) is 0. The average molecular weight is 281 g/mol. The van der Waals surface area contributed by atoms with Crippen molar-refractivity contribution in [2.24, 2.45) is 0 Å². The Balaban J connectivity index is 1.79. The lowest BCUT2D eigenvalue weighted by molar-refractivity contribution is 1.00. The van der Waals surface area contributed by atoms with Crippen molar-refractivity contribution < 1.29 is 0 Å². The van der Waals surface area contributed by atoms with Crippen LogP contribution in [0.4, 0.5) is 5.82 Å². The van der Waals surface area contributed by atoms with Crippen LogP contribution < -0.4 is 5.73 Å². The first kappa shape index (κ1) is 12.9. The van der Waals surface area contributed by atoms with E-state index in [0.29, 0.717) is 5.82 Å². The highest BCUT2D eigenvalue weighted by Crippen LogP contribution is 2.25. The molecule has 20 heavy (non-hydrogen) atoms. The zero-order chi connectivity index (χ0) is 13.9. The molecule has 3 rings (SSSR count). The molecule has 0 saturated heterocycles. The number of hydrogen-bond donors (Lipinski definition) is 1. The van der Waals surface area contributed by atoms with Crippen LogP contribution in [-0.2, 0) is 5.75 Å². The molecule has 2 N–H and O–H groups in total. The van der Waals surface area contributed by atoms with Crippen molar-refractivity contribution in [2.45, 2.75) is 17.6 Å². The smallest absolute Gasteiger partial charge is 0.141 e. The van der Waals surface area contributed by atoms with E-state index in [1.165, 1.54) is 15.7 Å². The van der Waals surface area contributed by atoms with Crippen molar-refractivity contribution in [3.8, 4) is 0 Å². The molecular formula is C16H15N3S. The molecule has 3 aromatic rings. The third-order valence-corrected chi connectivity index (χ3v) is 4.00. The van der Waals surface area contributed by atoms with E-state index in [-0.39, 0.29) is 0 Å². The maximum absolute atomic E-state index is 5.74. The molecule has 3 nitrogen and oxygen atoms in total. The van der Waals surface area contributed by atoms with E-state index in [2.05, 4.69) is 52.4 Å². The molecule has 0 fully saturated rings. The maximum atomic E-state index is 5.74. The lowest BCUT2D eigenvalue weighted by Gasteiger charge is -2.05. The standard InChI is InChI=1S/C16H15N3S/c1-11-8-15(17)19-16(18-11)10-20-14-7-6-12-4-2-3-5-13(12)9-14/h2-9H,10H2,1H3,(H2,17,18,19). The van der Waals surface area contributed by atoms with Crippen LogP contribution in [0.5, 0.6) is 0 Å². The molecule has 100 valence electrons. The number of aromatic nitrogens is 2. The van der Waals surface area contributed by atoms with Crippen LogP contribution in [-0.4, -0.2) is 9.97 Å². The van der Waals surface area contributed by atoms with Gasteiger partial charge in [0.2, 0.25) is 0 Å². The number of benzene rings is 2. The number of thioether (sulfide) groups is 1. The SMILES string of the molecule is Cc1cc(N)nc(CSc2ccc3ccccc3c2)n1. The predicted molar refractivity (Wildman–Crippen MR) is 84.7 cm³/mol. The molecule has 0 saturated carbocycles. The molecule has 2 aromatic carbocycles. The lowest BCUT2D eigenvalue weighted by Crippen LogP contribution is -1.99. The van der Waals surface area contributed by atoms with E-state index < -0.39 is 0 Å². The summed E-state index contributed by atoms with van der Waals surface area (Å²) in [5.74, 6) is 2.04.